The molecule has 5 heteroatoms. The number of aryl methyl sites for hydroxylation is 1. The highest BCUT2D eigenvalue weighted by Gasteiger charge is 2.07. The fourth-order valence-corrected chi connectivity index (χ4v) is 2.07. The summed E-state index contributed by atoms with van der Waals surface area (Å²) in [6.07, 6.45) is 0.0349. The van der Waals surface area contributed by atoms with Crippen LogP contribution in [0.15, 0.2) is 34.8 Å². The lowest BCUT2D eigenvalue weighted by atomic mass is 10.2. The maximum Gasteiger partial charge on any atom is 0.239 e. The SMILES string of the molecule is Cc1ccc(Br)cc1Nc1ccc(N)c(OC(C)C)n1. The largest absolute Gasteiger partial charge is 0.473 e. The average molecular weight is 336 g/mol. The smallest absolute Gasteiger partial charge is 0.239 e. The molecule has 0 saturated heterocycles. The van der Waals surface area contributed by atoms with Gasteiger partial charge in [0.2, 0.25) is 5.88 Å². The third kappa shape index (κ3) is 3.63. The lowest BCUT2D eigenvalue weighted by molar-refractivity contribution is 0.234. The number of nitrogens with two attached hydrogens (primary N) is 1. The molecule has 0 amide bonds. The van der Waals surface area contributed by atoms with Gasteiger partial charge in [-0.3, -0.25) is 0 Å². The summed E-state index contributed by atoms with van der Waals surface area (Å²) in [5.74, 6) is 1.16. The molecule has 0 radical (unpaired) electrons. The minimum Gasteiger partial charge on any atom is -0.473 e. The van der Waals surface area contributed by atoms with Crippen LogP contribution in [0.2, 0.25) is 0 Å². The standard InChI is InChI=1S/C15H18BrN3O/c1-9(2)20-15-12(17)6-7-14(19-15)18-13-8-11(16)5-4-10(13)3/h4-9H,17H2,1-3H3,(H,18,19). The lowest BCUT2D eigenvalue weighted by Crippen LogP contribution is -2.09. The van der Waals surface area contributed by atoms with Gasteiger partial charge < -0.3 is 15.8 Å². The van der Waals surface area contributed by atoms with E-state index >= 15 is 0 Å². The molecule has 0 bridgehead atoms. The van der Waals surface area contributed by atoms with Gasteiger partial charge in [0.1, 0.15) is 5.82 Å². The second-order valence-corrected chi connectivity index (χ2v) is 5.76. The van der Waals surface area contributed by atoms with Crippen LogP contribution < -0.4 is 15.8 Å². The quantitative estimate of drug-likeness (QED) is 0.876. The van der Waals surface area contributed by atoms with E-state index in [4.69, 9.17) is 10.5 Å². The summed E-state index contributed by atoms with van der Waals surface area (Å²) in [6, 6.07) is 9.68. The number of ether oxygens (including phenoxy) is 1. The monoisotopic (exact) mass is 335 g/mol. The number of benzene rings is 1. The fourth-order valence-electron chi connectivity index (χ4n) is 1.71. The zero-order valence-electron chi connectivity index (χ0n) is 11.8. The molecule has 0 spiro atoms. The number of hydrogen-bond acceptors (Lipinski definition) is 4. The van der Waals surface area contributed by atoms with E-state index in [-0.39, 0.29) is 6.10 Å². The highest BCUT2D eigenvalue weighted by atomic mass is 79.9. The van der Waals surface area contributed by atoms with Crippen LogP contribution in [0.1, 0.15) is 19.4 Å². The van der Waals surface area contributed by atoms with Gasteiger partial charge in [0, 0.05) is 10.2 Å². The number of nitrogens with zero attached hydrogens (tertiary/aromatic N) is 1. The van der Waals surface area contributed by atoms with Crippen LogP contribution in [-0.2, 0) is 0 Å². The van der Waals surface area contributed by atoms with Crippen molar-refractivity contribution < 1.29 is 4.74 Å². The van der Waals surface area contributed by atoms with Crippen molar-refractivity contribution in [1.29, 1.82) is 0 Å². The Bertz CT molecular complexity index is 614. The number of pyridine rings is 1. The zero-order chi connectivity index (χ0) is 14.7. The number of nitrogen functional groups attached to an aromatic ring is 1. The summed E-state index contributed by atoms with van der Waals surface area (Å²) in [6.45, 7) is 5.93. The molecule has 0 aliphatic rings. The van der Waals surface area contributed by atoms with E-state index in [1.165, 1.54) is 0 Å². The summed E-state index contributed by atoms with van der Waals surface area (Å²) < 4.78 is 6.61. The second kappa shape index (κ2) is 6.13. The minimum absolute atomic E-state index is 0.0349. The Kier molecular flexibility index (Phi) is 4.49. The summed E-state index contributed by atoms with van der Waals surface area (Å²) in [7, 11) is 0. The summed E-state index contributed by atoms with van der Waals surface area (Å²) in [4.78, 5) is 4.40. The zero-order valence-corrected chi connectivity index (χ0v) is 13.4. The number of rotatable bonds is 4. The van der Waals surface area contributed by atoms with Gasteiger partial charge in [-0.05, 0) is 50.6 Å². The Labute approximate surface area is 127 Å². The van der Waals surface area contributed by atoms with Gasteiger partial charge in [-0.15, -0.1) is 0 Å². The third-order valence-electron chi connectivity index (χ3n) is 2.70. The van der Waals surface area contributed by atoms with Crippen LogP contribution in [0.4, 0.5) is 17.2 Å². The van der Waals surface area contributed by atoms with Crippen molar-refractivity contribution in [3.8, 4) is 5.88 Å². The van der Waals surface area contributed by atoms with Crippen molar-refractivity contribution in [2.24, 2.45) is 0 Å². The van der Waals surface area contributed by atoms with E-state index in [0.29, 0.717) is 17.4 Å². The van der Waals surface area contributed by atoms with Gasteiger partial charge in [-0.2, -0.15) is 4.98 Å². The number of anilines is 3. The van der Waals surface area contributed by atoms with Crippen molar-refractivity contribution in [2.45, 2.75) is 26.9 Å². The fraction of sp³-hybridized carbons (Fsp3) is 0.267. The maximum absolute atomic E-state index is 5.86. The Morgan fingerprint density at radius 2 is 2.00 bits per heavy atom. The van der Waals surface area contributed by atoms with E-state index in [0.717, 1.165) is 15.7 Å². The summed E-state index contributed by atoms with van der Waals surface area (Å²) in [5.41, 5.74) is 8.53. The van der Waals surface area contributed by atoms with Crippen LogP contribution in [0.25, 0.3) is 0 Å². The molecule has 1 heterocycles. The minimum atomic E-state index is 0.0349. The van der Waals surface area contributed by atoms with Gasteiger partial charge in [0.05, 0.1) is 11.8 Å². The predicted octanol–water partition coefficient (Wildman–Crippen LogP) is 4.27. The molecule has 0 unspecified atom stereocenters. The molecule has 1 aromatic carbocycles. The first kappa shape index (κ1) is 14.7. The molecular formula is C15H18BrN3O. The Morgan fingerprint density at radius 1 is 1.25 bits per heavy atom. The summed E-state index contributed by atoms with van der Waals surface area (Å²) >= 11 is 3.46. The van der Waals surface area contributed by atoms with E-state index in [1.807, 2.05) is 45.0 Å². The first-order valence-electron chi connectivity index (χ1n) is 6.42. The van der Waals surface area contributed by atoms with Gasteiger partial charge >= 0.3 is 0 Å². The van der Waals surface area contributed by atoms with E-state index < -0.39 is 0 Å². The number of hydrogen-bond donors (Lipinski definition) is 2. The molecule has 0 atom stereocenters. The highest BCUT2D eigenvalue weighted by molar-refractivity contribution is 9.10. The van der Waals surface area contributed by atoms with Gasteiger partial charge in [0.15, 0.2) is 0 Å². The molecule has 106 valence electrons. The molecule has 20 heavy (non-hydrogen) atoms. The predicted molar refractivity (Wildman–Crippen MR) is 86.6 cm³/mol. The molecule has 1 aromatic heterocycles. The molecule has 0 saturated carbocycles. The Morgan fingerprint density at radius 3 is 2.70 bits per heavy atom. The highest BCUT2D eigenvalue weighted by Crippen LogP contribution is 2.27. The first-order valence-corrected chi connectivity index (χ1v) is 7.21. The first-order chi connectivity index (χ1) is 9.45. The van der Waals surface area contributed by atoms with Gasteiger partial charge in [0.25, 0.3) is 0 Å². The van der Waals surface area contributed by atoms with E-state index in [1.54, 1.807) is 6.07 Å². The number of halogens is 1. The maximum atomic E-state index is 5.86. The van der Waals surface area contributed by atoms with Crippen LogP contribution in [-0.4, -0.2) is 11.1 Å². The Balaban J connectivity index is 2.27. The van der Waals surface area contributed by atoms with Gasteiger partial charge in [-0.25, -0.2) is 0 Å². The number of nitrogens with one attached hydrogen (secondary N) is 1. The summed E-state index contributed by atoms with van der Waals surface area (Å²) in [5, 5.41) is 3.28. The molecule has 2 aromatic rings. The Hall–Kier alpha value is -1.75. The van der Waals surface area contributed by atoms with Crippen molar-refractivity contribution >= 4 is 33.1 Å². The second-order valence-electron chi connectivity index (χ2n) is 4.84. The van der Waals surface area contributed by atoms with Crippen LogP contribution in [0, 0.1) is 6.92 Å². The van der Waals surface area contributed by atoms with Crippen molar-refractivity contribution in [3.05, 3.63) is 40.4 Å². The van der Waals surface area contributed by atoms with E-state index in [2.05, 4.69) is 26.2 Å². The van der Waals surface area contributed by atoms with Crippen LogP contribution in [0.5, 0.6) is 5.88 Å². The van der Waals surface area contributed by atoms with Crippen LogP contribution >= 0.6 is 15.9 Å². The molecule has 0 aliphatic heterocycles. The molecule has 4 nitrogen and oxygen atoms in total. The average Bonchev–Trinajstić information content (AvgIpc) is 2.37. The van der Waals surface area contributed by atoms with Crippen LogP contribution in [0.3, 0.4) is 0 Å². The normalized spacial score (nSPS) is 10.7. The molecule has 0 aliphatic carbocycles. The van der Waals surface area contributed by atoms with Gasteiger partial charge in [-0.1, -0.05) is 22.0 Å². The molecule has 0 fully saturated rings. The van der Waals surface area contributed by atoms with Crippen molar-refractivity contribution in [2.75, 3.05) is 11.1 Å². The third-order valence-corrected chi connectivity index (χ3v) is 3.19. The molecular weight excluding hydrogens is 318 g/mol. The topological polar surface area (TPSA) is 60.2 Å². The lowest BCUT2D eigenvalue weighted by Gasteiger charge is -2.14. The van der Waals surface area contributed by atoms with Crippen molar-refractivity contribution in [1.82, 2.24) is 4.98 Å². The molecule has 2 rings (SSSR count). The molecule has 3 N–H and O–H groups in total. The number of aromatic nitrogens is 1. The van der Waals surface area contributed by atoms with E-state index in [9.17, 15) is 0 Å². The van der Waals surface area contributed by atoms with Crippen molar-refractivity contribution in [3.63, 3.8) is 0 Å².